The van der Waals surface area contributed by atoms with Gasteiger partial charge in [-0.25, -0.2) is 0 Å². The number of rotatable bonds is 9. The van der Waals surface area contributed by atoms with Gasteiger partial charge in [0.1, 0.15) is 0 Å². The van der Waals surface area contributed by atoms with Crippen molar-refractivity contribution >= 4 is 9.24 Å². The van der Waals surface area contributed by atoms with E-state index in [9.17, 15) is 0 Å². The van der Waals surface area contributed by atoms with Crippen LogP contribution in [0.5, 0.6) is 0 Å². The second-order valence-electron chi connectivity index (χ2n) is 5.61. The van der Waals surface area contributed by atoms with Gasteiger partial charge < -0.3 is 0 Å². The molecule has 0 aliphatic heterocycles. The van der Waals surface area contributed by atoms with Gasteiger partial charge in [-0.2, -0.15) is 0 Å². The fourth-order valence-electron chi connectivity index (χ4n) is 2.46. The van der Waals surface area contributed by atoms with Crippen molar-refractivity contribution in [2.24, 2.45) is 5.92 Å². The van der Waals surface area contributed by atoms with E-state index in [4.69, 9.17) is 0 Å². The maximum Gasteiger partial charge on any atom is 0.0236 e. The quantitative estimate of drug-likeness (QED) is 0.598. The maximum atomic E-state index is 3.01. The number of benzene rings is 1. The maximum absolute atomic E-state index is 3.01. The number of hydrogen-bond acceptors (Lipinski definition) is 1. The Kier molecular flexibility index (Phi) is 8.34. The molecule has 0 aliphatic carbocycles. The highest BCUT2D eigenvalue weighted by molar-refractivity contribution is 7.17. The van der Waals surface area contributed by atoms with Gasteiger partial charge in [-0.3, -0.25) is 4.90 Å². The predicted octanol–water partition coefficient (Wildman–Crippen LogP) is 4.58. The zero-order valence-corrected chi connectivity index (χ0v) is 14.0. The van der Waals surface area contributed by atoms with Gasteiger partial charge in [0.25, 0.3) is 0 Å². The minimum atomic E-state index is 0.629. The van der Waals surface area contributed by atoms with Crippen LogP contribution in [0.4, 0.5) is 0 Å². The lowest BCUT2D eigenvalue weighted by molar-refractivity contribution is 0.245. The summed E-state index contributed by atoms with van der Waals surface area (Å²) in [6.07, 6.45) is 6.37. The van der Waals surface area contributed by atoms with E-state index in [1.807, 2.05) is 0 Å². The van der Waals surface area contributed by atoms with Crippen LogP contribution in [0.2, 0.25) is 0 Å². The molecule has 1 aromatic carbocycles. The summed E-state index contributed by atoms with van der Waals surface area (Å²) < 4.78 is 0. The summed E-state index contributed by atoms with van der Waals surface area (Å²) in [5.74, 6) is 1.39. The van der Waals surface area contributed by atoms with E-state index >= 15 is 0 Å². The smallest absolute Gasteiger partial charge is 0.0236 e. The molecular weight excluding hydrogens is 249 g/mol. The largest absolute Gasteiger partial charge is 0.300 e. The van der Waals surface area contributed by atoms with Crippen LogP contribution in [-0.2, 0) is 6.42 Å². The molecule has 1 rings (SSSR count). The van der Waals surface area contributed by atoms with E-state index in [1.54, 1.807) is 0 Å². The van der Waals surface area contributed by atoms with E-state index < -0.39 is 0 Å². The SMILES string of the molecule is CCCCC(P)N(C)CC(CC)Cc1ccccc1. The lowest BCUT2D eigenvalue weighted by Crippen LogP contribution is -2.32. The van der Waals surface area contributed by atoms with Crippen LogP contribution in [0.3, 0.4) is 0 Å². The lowest BCUT2D eigenvalue weighted by atomic mass is 9.96. The van der Waals surface area contributed by atoms with Crippen molar-refractivity contribution in [1.82, 2.24) is 4.90 Å². The average Bonchev–Trinajstić information content (AvgIpc) is 2.44. The molecule has 1 aromatic rings. The lowest BCUT2D eigenvalue weighted by Gasteiger charge is -2.28. The van der Waals surface area contributed by atoms with Crippen LogP contribution in [0.25, 0.3) is 0 Å². The van der Waals surface area contributed by atoms with Gasteiger partial charge in [0, 0.05) is 12.3 Å². The topological polar surface area (TPSA) is 3.24 Å². The summed E-state index contributed by atoms with van der Waals surface area (Å²) in [7, 11) is 5.27. The summed E-state index contributed by atoms with van der Waals surface area (Å²) in [5.41, 5.74) is 1.47. The third kappa shape index (κ3) is 6.54. The highest BCUT2D eigenvalue weighted by Crippen LogP contribution is 2.19. The van der Waals surface area contributed by atoms with Crippen LogP contribution in [-0.4, -0.2) is 24.3 Å². The van der Waals surface area contributed by atoms with Crippen molar-refractivity contribution in [3.05, 3.63) is 35.9 Å². The molecule has 19 heavy (non-hydrogen) atoms. The molecular formula is C17H30NP. The summed E-state index contributed by atoms with van der Waals surface area (Å²) in [6.45, 7) is 5.77. The second kappa shape index (κ2) is 9.50. The first-order valence-corrected chi connectivity index (χ1v) is 8.33. The second-order valence-corrected chi connectivity index (χ2v) is 6.38. The van der Waals surface area contributed by atoms with Crippen LogP contribution in [0, 0.1) is 5.92 Å². The van der Waals surface area contributed by atoms with E-state index in [-0.39, 0.29) is 0 Å². The highest BCUT2D eigenvalue weighted by atomic mass is 31.0. The minimum absolute atomic E-state index is 0.629. The molecule has 0 N–H and O–H groups in total. The third-order valence-corrected chi connectivity index (χ3v) is 4.75. The molecule has 0 spiro atoms. The number of hydrogen-bond donors (Lipinski definition) is 0. The van der Waals surface area contributed by atoms with E-state index in [2.05, 4.69) is 65.4 Å². The zero-order chi connectivity index (χ0) is 14.1. The minimum Gasteiger partial charge on any atom is -0.300 e. The van der Waals surface area contributed by atoms with E-state index in [1.165, 1.54) is 44.2 Å². The van der Waals surface area contributed by atoms with Crippen molar-refractivity contribution < 1.29 is 0 Å². The summed E-state index contributed by atoms with van der Waals surface area (Å²) in [5, 5.41) is 0. The predicted molar refractivity (Wildman–Crippen MR) is 89.6 cm³/mol. The monoisotopic (exact) mass is 279 g/mol. The Morgan fingerprint density at radius 1 is 1.16 bits per heavy atom. The number of unbranched alkanes of at least 4 members (excludes halogenated alkanes) is 1. The summed E-state index contributed by atoms with van der Waals surface area (Å²) in [6, 6.07) is 10.9. The normalized spacial score (nSPS) is 14.6. The molecule has 0 saturated carbocycles. The molecule has 0 saturated heterocycles. The van der Waals surface area contributed by atoms with Crippen LogP contribution in [0.1, 0.15) is 45.1 Å². The van der Waals surface area contributed by atoms with Crippen molar-refractivity contribution in [3.63, 3.8) is 0 Å². The zero-order valence-electron chi connectivity index (χ0n) is 12.8. The Morgan fingerprint density at radius 3 is 2.42 bits per heavy atom. The number of nitrogens with zero attached hydrogens (tertiary/aromatic N) is 1. The Balaban J connectivity index is 2.43. The first-order valence-electron chi connectivity index (χ1n) is 7.67. The summed E-state index contributed by atoms with van der Waals surface area (Å²) >= 11 is 0. The van der Waals surface area contributed by atoms with Crippen molar-refractivity contribution in [2.75, 3.05) is 13.6 Å². The first kappa shape index (κ1) is 16.7. The Morgan fingerprint density at radius 2 is 1.84 bits per heavy atom. The molecule has 1 nitrogen and oxygen atoms in total. The van der Waals surface area contributed by atoms with Crippen molar-refractivity contribution in [3.8, 4) is 0 Å². The molecule has 0 fully saturated rings. The molecule has 0 aromatic heterocycles. The first-order chi connectivity index (χ1) is 9.17. The average molecular weight is 279 g/mol. The molecule has 2 heteroatoms. The third-order valence-electron chi connectivity index (χ3n) is 3.91. The van der Waals surface area contributed by atoms with Gasteiger partial charge in [-0.1, -0.05) is 63.4 Å². The molecule has 3 unspecified atom stereocenters. The van der Waals surface area contributed by atoms with Gasteiger partial charge in [-0.05, 0) is 31.4 Å². The van der Waals surface area contributed by atoms with E-state index in [0.29, 0.717) is 5.78 Å². The molecule has 0 heterocycles. The van der Waals surface area contributed by atoms with Crippen LogP contribution >= 0.6 is 9.24 Å². The van der Waals surface area contributed by atoms with Crippen molar-refractivity contribution in [2.45, 2.75) is 51.7 Å². The van der Waals surface area contributed by atoms with Gasteiger partial charge in [-0.15, -0.1) is 9.24 Å². The Labute approximate surface area is 122 Å². The van der Waals surface area contributed by atoms with Crippen LogP contribution < -0.4 is 0 Å². The molecule has 0 amide bonds. The fraction of sp³-hybridized carbons (Fsp3) is 0.647. The molecule has 0 aliphatic rings. The van der Waals surface area contributed by atoms with E-state index in [0.717, 1.165) is 5.92 Å². The Bertz CT molecular complexity index is 325. The van der Waals surface area contributed by atoms with Gasteiger partial charge in [0.05, 0.1) is 0 Å². The fourth-order valence-corrected chi connectivity index (χ4v) is 2.82. The summed E-state index contributed by atoms with van der Waals surface area (Å²) in [4.78, 5) is 2.51. The molecule has 108 valence electrons. The molecule has 3 atom stereocenters. The highest BCUT2D eigenvalue weighted by Gasteiger charge is 2.14. The van der Waals surface area contributed by atoms with Crippen LogP contribution in [0.15, 0.2) is 30.3 Å². The molecule has 0 radical (unpaired) electrons. The van der Waals surface area contributed by atoms with Gasteiger partial charge in [0.2, 0.25) is 0 Å². The van der Waals surface area contributed by atoms with Gasteiger partial charge >= 0.3 is 0 Å². The Hall–Kier alpha value is -0.390. The molecule has 0 bridgehead atoms. The van der Waals surface area contributed by atoms with Crippen molar-refractivity contribution in [1.29, 1.82) is 0 Å². The standard InChI is InChI=1S/C17H30NP/c1-4-6-12-17(19)18(3)14-15(5-2)13-16-10-8-7-9-11-16/h7-11,15,17H,4-6,12-14,19H2,1-3H3. The van der Waals surface area contributed by atoms with Gasteiger partial charge in [0.15, 0.2) is 0 Å².